The summed E-state index contributed by atoms with van der Waals surface area (Å²) in [4.78, 5) is 32.2. The topological polar surface area (TPSA) is 68.4 Å². The Morgan fingerprint density at radius 1 is 1.27 bits per heavy atom. The number of halogens is 1. The average molecular weight is 413 g/mol. The summed E-state index contributed by atoms with van der Waals surface area (Å²) in [7, 11) is 0. The SMILES string of the molecule is CC(=O)N1CCC12CN([C@@H]1CCC[C@@H](NC(=O)c3cc4c(F)ccc(C)c4[nH]3)C1)C2. The highest BCUT2D eigenvalue weighted by atomic mass is 19.1. The number of nitrogens with one attached hydrogen (secondary N) is 2. The molecule has 1 aromatic carbocycles. The number of aromatic amines is 1. The summed E-state index contributed by atoms with van der Waals surface area (Å²) in [6.45, 7) is 6.36. The van der Waals surface area contributed by atoms with Gasteiger partial charge in [0.05, 0.1) is 11.1 Å². The summed E-state index contributed by atoms with van der Waals surface area (Å²) in [6.07, 6.45) is 5.21. The molecular formula is C23H29FN4O2. The molecule has 1 aromatic heterocycles. The van der Waals surface area contributed by atoms with Crippen molar-refractivity contribution in [2.45, 2.75) is 63.6 Å². The largest absolute Gasteiger partial charge is 0.350 e. The van der Waals surface area contributed by atoms with Crippen molar-refractivity contribution in [3.05, 3.63) is 35.3 Å². The van der Waals surface area contributed by atoms with Crippen molar-refractivity contribution >= 4 is 22.7 Å². The van der Waals surface area contributed by atoms with Gasteiger partial charge in [-0.3, -0.25) is 14.5 Å². The third-order valence-electron chi connectivity index (χ3n) is 7.44. The highest BCUT2D eigenvalue weighted by molar-refractivity contribution is 5.99. The molecule has 3 aliphatic rings. The second-order valence-electron chi connectivity index (χ2n) is 9.38. The van der Waals surface area contributed by atoms with Crippen LogP contribution in [0.2, 0.25) is 0 Å². The minimum Gasteiger partial charge on any atom is -0.350 e. The maximum Gasteiger partial charge on any atom is 0.267 e. The first kappa shape index (κ1) is 19.5. The van der Waals surface area contributed by atoms with Crippen LogP contribution in [0.5, 0.6) is 0 Å². The number of carbonyl (C=O) groups excluding carboxylic acids is 2. The quantitative estimate of drug-likeness (QED) is 0.815. The predicted octanol–water partition coefficient (Wildman–Crippen LogP) is 2.96. The van der Waals surface area contributed by atoms with Crippen LogP contribution >= 0.6 is 0 Å². The number of aromatic nitrogens is 1. The van der Waals surface area contributed by atoms with Crippen LogP contribution in [0.15, 0.2) is 18.2 Å². The standard InChI is InChI=1S/C23H29FN4O2/c1-14-6-7-19(24)18-11-20(26-21(14)18)22(30)25-16-4-3-5-17(10-16)27-12-23(13-27)8-9-28(23)15(2)29/h6-7,11,16-17,26H,3-5,8-10,12-13H2,1-2H3,(H,25,30)/t16-,17-/m1/s1. The van der Waals surface area contributed by atoms with E-state index in [2.05, 4.69) is 15.2 Å². The van der Waals surface area contributed by atoms with Crippen molar-refractivity contribution < 1.29 is 14.0 Å². The zero-order valence-corrected chi connectivity index (χ0v) is 17.6. The molecule has 2 N–H and O–H groups in total. The molecular weight excluding hydrogens is 383 g/mol. The Kier molecular flexibility index (Phi) is 4.61. The average Bonchev–Trinajstić information content (AvgIpc) is 3.10. The second kappa shape index (κ2) is 7.08. The lowest BCUT2D eigenvalue weighted by atomic mass is 9.75. The van der Waals surface area contributed by atoms with Gasteiger partial charge in [-0.15, -0.1) is 0 Å². The fourth-order valence-electron chi connectivity index (χ4n) is 5.67. The molecule has 1 aliphatic carbocycles. The number of rotatable bonds is 3. The number of benzene rings is 1. The minimum absolute atomic E-state index is 0.0777. The molecule has 5 rings (SSSR count). The van der Waals surface area contributed by atoms with Crippen LogP contribution in [-0.4, -0.2) is 63.9 Å². The molecule has 30 heavy (non-hydrogen) atoms. The summed E-state index contributed by atoms with van der Waals surface area (Å²) in [5, 5.41) is 3.62. The van der Waals surface area contributed by atoms with Crippen LogP contribution < -0.4 is 5.32 Å². The Morgan fingerprint density at radius 2 is 2.07 bits per heavy atom. The molecule has 7 heteroatoms. The molecule has 160 valence electrons. The highest BCUT2D eigenvalue weighted by Gasteiger charge is 2.55. The van der Waals surface area contributed by atoms with Crippen LogP contribution in [0.4, 0.5) is 4.39 Å². The van der Waals surface area contributed by atoms with Gasteiger partial charge in [0, 0.05) is 44.0 Å². The Bertz CT molecular complexity index is 971. The maximum absolute atomic E-state index is 14.1. The number of likely N-dealkylation sites (tertiary alicyclic amines) is 2. The summed E-state index contributed by atoms with van der Waals surface area (Å²) >= 11 is 0. The first-order chi connectivity index (χ1) is 14.4. The van der Waals surface area contributed by atoms with E-state index in [4.69, 9.17) is 0 Å². The smallest absolute Gasteiger partial charge is 0.267 e. The summed E-state index contributed by atoms with van der Waals surface area (Å²) in [6, 6.07) is 5.34. The third-order valence-corrected chi connectivity index (χ3v) is 7.44. The number of aryl methyl sites for hydroxylation is 1. The first-order valence-corrected chi connectivity index (χ1v) is 11.0. The monoisotopic (exact) mass is 412 g/mol. The number of H-pyrrole nitrogens is 1. The van der Waals surface area contributed by atoms with Gasteiger partial charge < -0.3 is 15.2 Å². The Labute approximate surface area is 175 Å². The van der Waals surface area contributed by atoms with E-state index >= 15 is 0 Å². The Morgan fingerprint density at radius 3 is 2.73 bits per heavy atom. The van der Waals surface area contributed by atoms with E-state index in [1.807, 2.05) is 11.8 Å². The number of hydrogen-bond acceptors (Lipinski definition) is 3. The maximum atomic E-state index is 14.1. The number of carbonyl (C=O) groups is 2. The summed E-state index contributed by atoms with van der Waals surface area (Å²) in [5.41, 5.74) is 2.09. The molecule has 0 bridgehead atoms. The van der Waals surface area contributed by atoms with Crippen LogP contribution in [-0.2, 0) is 4.79 Å². The summed E-state index contributed by atoms with van der Waals surface area (Å²) in [5.74, 6) is -0.303. The van der Waals surface area contributed by atoms with Crippen molar-refractivity contribution in [2.75, 3.05) is 19.6 Å². The van der Waals surface area contributed by atoms with E-state index in [0.29, 0.717) is 22.6 Å². The van der Waals surface area contributed by atoms with Gasteiger partial charge in [0.1, 0.15) is 11.5 Å². The van der Waals surface area contributed by atoms with Crippen molar-refractivity contribution in [1.29, 1.82) is 0 Å². The molecule has 3 heterocycles. The van der Waals surface area contributed by atoms with Gasteiger partial charge in [-0.05, 0) is 56.7 Å². The molecule has 3 fully saturated rings. The van der Waals surface area contributed by atoms with E-state index in [1.165, 1.54) is 6.07 Å². The predicted molar refractivity (Wildman–Crippen MR) is 113 cm³/mol. The zero-order chi connectivity index (χ0) is 21.0. The van der Waals surface area contributed by atoms with Crippen molar-refractivity contribution in [3.63, 3.8) is 0 Å². The molecule has 2 saturated heterocycles. The Hall–Kier alpha value is -2.41. The third kappa shape index (κ3) is 3.11. The van der Waals surface area contributed by atoms with Crippen LogP contribution in [0, 0.1) is 12.7 Å². The van der Waals surface area contributed by atoms with Crippen molar-refractivity contribution in [1.82, 2.24) is 20.1 Å². The van der Waals surface area contributed by atoms with E-state index in [-0.39, 0.29) is 29.2 Å². The molecule has 2 aromatic rings. The van der Waals surface area contributed by atoms with Gasteiger partial charge in [0.2, 0.25) is 5.91 Å². The van der Waals surface area contributed by atoms with Crippen molar-refractivity contribution in [2.24, 2.45) is 0 Å². The van der Waals surface area contributed by atoms with E-state index < -0.39 is 0 Å². The van der Waals surface area contributed by atoms with Gasteiger partial charge in [-0.25, -0.2) is 4.39 Å². The van der Waals surface area contributed by atoms with Crippen LogP contribution in [0.25, 0.3) is 10.9 Å². The van der Waals surface area contributed by atoms with E-state index in [9.17, 15) is 14.0 Å². The fraction of sp³-hybridized carbons (Fsp3) is 0.565. The van der Waals surface area contributed by atoms with Gasteiger partial charge >= 0.3 is 0 Å². The van der Waals surface area contributed by atoms with E-state index in [1.54, 1.807) is 19.1 Å². The number of amides is 2. The highest BCUT2D eigenvalue weighted by Crippen LogP contribution is 2.42. The van der Waals surface area contributed by atoms with Gasteiger partial charge in [0.25, 0.3) is 5.91 Å². The van der Waals surface area contributed by atoms with Gasteiger partial charge in [-0.1, -0.05) is 6.07 Å². The van der Waals surface area contributed by atoms with E-state index in [0.717, 1.165) is 57.3 Å². The summed E-state index contributed by atoms with van der Waals surface area (Å²) < 4.78 is 14.1. The molecule has 1 saturated carbocycles. The lowest BCUT2D eigenvalue weighted by Gasteiger charge is -2.64. The molecule has 2 atom stereocenters. The minimum atomic E-state index is -0.314. The normalized spacial score (nSPS) is 25.8. The van der Waals surface area contributed by atoms with Crippen molar-refractivity contribution in [3.8, 4) is 0 Å². The lowest BCUT2D eigenvalue weighted by molar-refractivity contribution is -0.170. The Balaban J connectivity index is 1.21. The zero-order valence-electron chi connectivity index (χ0n) is 17.6. The van der Waals surface area contributed by atoms with Crippen LogP contribution in [0.1, 0.15) is 55.1 Å². The molecule has 2 amide bonds. The molecule has 6 nitrogen and oxygen atoms in total. The molecule has 2 aliphatic heterocycles. The first-order valence-electron chi connectivity index (χ1n) is 11.0. The molecule has 0 radical (unpaired) electrons. The van der Waals surface area contributed by atoms with Crippen LogP contribution in [0.3, 0.4) is 0 Å². The van der Waals surface area contributed by atoms with Gasteiger partial charge in [0.15, 0.2) is 0 Å². The second-order valence-corrected chi connectivity index (χ2v) is 9.38. The molecule has 0 unspecified atom stereocenters. The lowest BCUT2D eigenvalue weighted by Crippen LogP contribution is -2.79. The fourth-order valence-corrected chi connectivity index (χ4v) is 5.67. The van der Waals surface area contributed by atoms with Gasteiger partial charge in [-0.2, -0.15) is 0 Å². The number of nitrogens with zero attached hydrogens (tertiary/aromatic N) is 2. The molecule has 1 spiro atoms. The number of hydrogen-bond donors (Lipinski definition) is 2. The number of fused-ring (bicyclic) bond motifs is 1.